The summed E-state index contributed by atoms with van der Waals surface area (Å²) >= 11 is 0. The summed E-state index contributed by atoms with van der Waals surface area (Å²) in [6.45, 7) is 7.14. The highest BCUT2D eigenvalue weighted by atomic mass is 16.1. The van der Waals surface area contributed by atoms with Crippen LogP contribution in [0.5, 0.6) is 0 Å². The highest BCUT2D eigenvalue weighted by Gasteiger charge is 2.12. The molecule has 0 bridgehead atoms. The summed E-state index contributed by atoms with van der Waals surface area (Å²) < 4.78 is 1.66. The topological polar surface area (TPSA) is 59.8 Å². The number of nitrogens with one attached hydrogen (secondary N) is 1. The minimum absolute atomic E-state index is 0.0437. The monoisotopic (exact) mass is 210 g/mol. The third-order valence-corrected chi connectivity index (χ3v) is 2.01. The Kier molecular flexibility index (Phi) is 4.42. The van der Waals surface area contributed by atoms with Crippen LogP contribution in [0.15, 0.2) is 6.20 Å². The molecule has 0 saturated heterocycles. The summed E-state index contributed by atoms with van der Waals surface area (Å²) in [5.74, 6) is 0.0437. The second-order valence-electron chi connectivity index (χ2n) is 3.80. The summed E-state index contributed by atoms with van der Waals surface area (Å²) in [4.78, 5) is 11.7. The number of ketones is 1. The number of carbonyl (C=O) groups excluding carboxylic acids is 1. The Morgan fingerprint density at radius 1 is 1.60 bits per heavy atom. The minimum atomic E-state index is 0.0437. The van der Waals surface area contributed by atoms with Gasteiger partial charge in [0.1, 0.15) is 5.69 Å². The lowest BCUT2D eigenvalue weighted by atomic mass is 10.2. The fourth-order valence-corrected chi connectivity index (χ4v) is 1.24. The van der Waals surface area contributed by atoms with Crippen molar-refractivity contribution in [2.75, 3.05) is 6.54 Å². The van der Waals surface area contributed by atoms with Crippen molar-refractivity contribution >= 4 is 5.78 Å². The van der Waals surface area contributed by atoms with Gasteiger partial charge in [-0.25, -0.2) is 4.68 Å². The van der Waals surface area contributed by atoms with Gasteiger partial charge in [-0.15, -0.1) is 5.10 Å². The van der Waals surface area contributed by atoms with Crippen molar-refractivity contribution in [3.8, 4) is 0 Å². The molecule has 0 aliphatic carbocycles. The van der Waals surface area contributed by atoms with E-state index in [2.05, 4.69) is 15.6 Å². The number of nitrogens with zero attached hydrogens (tertiary/aromatic N) is 3. The molecule has 0 amide bonds. The molecule has 15 heavy (non-hydrogen) atoms. The molecule has 0 unspecified atom stereocenters. The molecule has 0 spiro atoms. The van der Waals surface area contributed by atoms with Crippen molar-refractivity contribution in [2.45, 2.75) is 39.8 Å². The molecule has 1 N–H and O–H groups in total. The largest absolute Gasteiger partial charge is 0.307 e. The Morgan fingerprint density at radius 2 is 2.33 bits per heavy atom. The SMILES string of the molecule is CCCn1nncc1C(=O)CNC(C)C. The first kappa shape index (κ1) is 11.8. The van der Waals surface area contributed by atoms with Gasteiger partial charge in [-0.2, -0.15) is 0 Å². The number of aromatic nitrogens is 3. The molecular formula is C10H18N4O. The number of carbonyl (C=O) groups is 1. The van der Waals surface area contributed by atoms with E-state index in [9.17, 15) is 4.79 Å². The van der Waals surface area contributed by atoms with E-state index in [0.29, 0.717) is 18.3 Å². The Labute approximate surface area is 89.9 Å². The fraction of sp³-hybridized carbons (Fsp3) is 0.700. The smallest absolute Gasteiger partial charge is 0.196 e. The number of rotatable bonds is 6. The van der Waals surface area contributed by atoms with Crippen LogP contribution in [0.1, 0.15) is 37.7 Å². The molecule has 0 aliphatic rings. The third-order valence-electron chi connectivity index (χ3n) is 2.01. The predicted octanol–water partition coefficient (Wildman–Crippen LogP) is 0.869. The molecule has 0 aliphatic heterocycles. The van der Waals surface area contributed by atoms with Crippen molar-refractivity contribution in [3.63, 3.8) is 0 Å². The standard InChI is InChI=1S/C10H18N4O/c1-4-5-14-9(6-12-13-14)10(15)7-11-8(2)3/h6,8,11H,4-5,7H2,1-3H3. The Bertz CT molecular complexity index is 319. The maximum Gasteiger partial charge on any atom is 0.196 e. The maximum atomic E-state index is 11.7. The number of hydrogen-bond acceptors (Lipinski definition) is 4. The molecule has 1 aromatic heterocycles. The van der Waals surface area contributed by atoms with Gasteiger partial charge in [-0.3, -0.25) is 4.79 Å². The lowest BCUT2D eigenvalue weighted by Crippen LogP contribution is -2.30. The van der Waals surface area contributed by atoms with Gasteiger partial charge in [0.2, 0.25) is 0 Å². The lowest BCUT2D eigenvalue weighted by molar-refractivity contribution is 0.0978. The number of hydrogen-bond donors (Lipinski definition) is 1. The molecule has 5 nitrogen and oxygen atoms in total. The van der Waals surface area contributed by atoms with Crippen LogP contribution < -0.4 is 5.32 Å². The highest BCUT2D eigenvalue weighted by molar-refractivity contribution is 5.95. The van der Waals surface area contributed by atoms with Gasteiger partial charge in [0, 0.05) is 12.6 Å². The normalized spacial score (nSPS) is 10.9. The van der Waals surface area contributed by atoms with Crippen LogP contribution in [-0.2, 0) is 6.54 Å². The van der Waals surface area contributed by atoms with Crippen molar-refractivity contribution in [3.05, 3.63) is 11.9 Å². The molecule has 0 atom stereocenters. The van der Waals surface area contributed by atoms with Gasteiger partial charge in [-0.05, 0) is 6.42 Å². The van der Waals surface area contributed by atoms with E-state index < -0.39 is 0 Å². The first-order valence-corrected chi connectivity index (χ1v) is 5.30. The number of Topliss-reactive ketones (excluding diaryl/α,β-unsaturated/α-hetero) is 1. The Balaban J connectivity index is 2.60. The Hall–Kier alpha value is -1.23. The predicted molar refractivity (Wildman–Crippen MR) is 57.8 cm³/mol. The van der Waals surface area contributed by atoms with E-state index in [4.69, 9.17) is 0 Å². The van der Waals surface area contributed by atoms with Gasteiger partial charge < -0.3 is 5.32 Å². The van der Waals surface area contributed by atoms with Gasteiger partial charge in [0.25, 0.3) is 0 Å². The second kappa shape index (κ2) is 5.60. The minimum Gasteiger partial charge on any atom is -0.307 e. The lowest BCUT2D eigenvalue weighted by Gasteiger charge is -2.07. The zero-order chi connectivity index (χ0) is 11.3. The summed E-state index contributed by atoms with van der Waals surface area (Å²) in [5, 5.41) is 10.7. The summed E-state index contributed by atoms with van der Waals surface area (Å²) in [6.07, 6.45) is 2.47. The third kappa shape index (κ3) is 3.43. The quantitative estimate of drug-likeness (QED) is 0.708. The van der Waals surface area contributed by atoms with Crippen molar-refractivity contribution in [1.82, 2.24) is 20.3 Å². The highest BCUT2D eigenvalue weighted by Crippen LogP contribution is 1.99. The molecule has 84 valence electrons. The summed E-state index contributed by atoms with van der Waals surface area (Å²) in [7, 11) is 0. The van der Waals surface area contributed by atoms with Crippen molar-refractivity contribution in [2.24, 2.45) is 0 Å². The van der Waals surface area contributed by atoms with E-state index in [1.807, 2.05) is 20.8 Å². The van der Waals surface area contributed by atoms with Crippen LogP contribution in [0.25, 0.3) is 0 Å². The second-order valence-corrected chi connectivity index (χ2v) is 3.80. The molecule has 0 fully saturated rings. The molecular weight excluding hydrogens is 192 g/mol. The maximum absolute atomic E-state index is 11.7. The van der Waals surface area contributed by atoms with Crippen LogP contribution in [0.2, 0.25) is 0 Å². The molecule has 0 radical (unpaired) electrons. The number of aryl methyl sites for hydroxylation is 1. The van der Waals surface area contributed by atoms with Crippen LogP contribution in [-0.4, -0.2) is 33.4 Å². The van der Waals surface area contributed by atoms with Crippen LogP contribution in [0, 0.1) is 0 Å². The molecule has 1 rings (SSSR count). The summed E-state index contributed by atoms with van der Waals surface area (Å²) in [6, 6.07) is 0.310. The van der Waals surface area contributed by atoms with Crippen LogP contribution in [0.4, 0.5) is 0 Å². The molecule has 1 aromatic rings. The zero-order valence-corrected chi connectivity index (χ0v) is 9.53. The fourth-order valence-electron chi connectivity index (χ4n) is 1.24. The molecule has 1 heterocycles. The molecule has 0 aromatic carbocycles. The average molecular weight is 210 g/mol. The van der Waals surface area contributed by atoms with E-state index >= 15 is 0 Å². The first-order chi connectivity index (χ1) is 7.15. The van der Waals surface area contributed by atoms with Gasteiger partial charge in [-0.1, -0.05) is 26.0 Å². The van der Waals surface area contributed by atoms with E-state index in [1.165, 1.54) is 6.20 Å². The van der Waals surface area contributed by atoms with E-state index in [0.717, 1.165) is 13.0 Å². The van der Waals surface area contributed by atoms with Gasteiger partial charge in [0.15, 0.2) is 5.78 Å². The zero-order valence-electron chi connectivity index (χ0n) is 9.53. The van der Waals surface area contributed by atoms with E-state index in [-0.39, 0.29) is 5.78 Å². The van der Waals surface area contributed by atoms with Crippen LogP contribution >= 0.6 is 0 Å². The average Bonchev–Trinajstić information content (AvgIpc) is 2.63. The van der Waals surface area contributed by atoms with Crippen molar-refractivity contribution < 1.29 is 4.79 Å². The molecule has 5 heteroatoms. The van der Waals surface area contributed by atoms with Gasteiger partial charge >= 0.3 is 0 Å². The van der Waals surface area contributed by atoms with E-state index in [1.54, 1.807) is 4.68 Å². The summed E-state index contributed by atoms with van der Waals surface area (Å²) in [5.41, 5.74) is 0.588. The van der Waals surface area contributed by atoms with Gasteiger partial charge in [0.05, 0.1) is 12.7 Å². The Morgan fingerprint density at radius 3 is 2.93 bits per heavy atom. The van der Waals surface area contributed by atoms with Crippen LogP contribution in [0.3, 0.4) is 0 Å². The van der Waals surface area contributed by atoms with Crippen molar-refractivity contribution in [1.29, 1.82) is 0 Å². The molecule has 0 saturated carbocycles. The first-order valence-electron chi connectivity index (χ1n) is 5.30.